The van der Waals surface area contributed by atoms with Crippen molar-refractivity contribution in [3.05, 3.63) is 48.0 Å². The Balaban J connectivity index is 1.52. The van der Waals surface area contributed by atoms with E-state index in [2.05, 4.69) is 20.3 Å². The number of hydrazone groups is 1. The lowest BCUT2D eigenvalue weighted by atomic mass is 10.2. The van der Waals surface area contributed by atoms with Crippen molar-refractivity contribution >= 4 is 35.1 Å². The Hall–Kier alpha value is -3.07. The van der Waals surface area contributed by atoms with Crippen LogP contribution in [0.15, 0.2) is 57.6 Å². The van der Waals surface area contributed by atoms with E-state index >= 15 is 0 Å². The standard InChI is InChI=1S/C22H27N7OS/c1-2-6-18(27-23)24-19-15-20(28-13-5-14-28)26-22(25-19)31-17-9-7-16(8-10-17)21(30)29-11-3-4-12-29/h2,6-10,15H,3-5,11-14,23H2,1H3,(H,24,25,26,27)/b6-2+. The summed E-state index contributed by atoms with van der Waals surface area (Å²) in [4.78, 5) is 27.0. The molecule has 0 aliphatic carbocycles. The fraction of sp³-hybridized carbons (Fsp3) is 0.364. The number of amides is 1. The van der Waals surface area contributed by atoms with Gasteiger partial charge in [-0.1, -0.05) is 6.08 Å². The first-order valence-electron chi connectivity index (χ1n) is 10.5. The highest BCUT2D eigenvalue weighted by atomic mass is 32.2. The average molecular weight is 438 g/mol. The Morgan fingerprint density at radius 1 is 1.13 bits per heavy atom. The van der Waals surface area contributed by atoms with E-state index in [-0.39, 0.29) is 5.91 Å². The Bertz CT molecular complexity index is 980. The molecule has 2 fully saturated rings. The van der Waals surface area contributed by atoms with Crippen molar-refractivity contribution in [3.8, 4) is 0 Å². The lowest BCUT2D eigenvalue weighted by molar-refractivity contribution is 0.0793. The first-order valence-corrected chi connectivity index (χ1v) is 11.4. The zero-order valence-electron chi connectivity index (χ0n) is 17.6. The third kappa shape index (κ3) is 5.16. The van der Waals surface area contributed by atoms with Crippen molar-refractivity contribution in [2.45, 2.75) is 36.2 Å². The van der Waals surface area contributed by atoms with E-state index in [0.29, 0.717) is 16.8 Å². The second kappa shape index (κ2) is 9.82. The van der Waals surface area contributed by atoms with E-state index in [4.69, 9.17) is 10.8 Å². The van der Waals surface area contributed by atoms with E-state index in [9.17, 15) is 4.79 Å². The van der Waals surface area contributed by atoms with Crippen molar-refractivity contribution in [1.29, 1.82) is 0 Å². The van der Waals surface area contributed by atoms with Gasteiger partial charge in [0, 0.05) is 42.7 Å². The van der Waals surface area contributed by atoms with Gasteiger partial charge in [0.1, 0.15) is 11.6 Å². The number of nitrogens with two attached hydrogens (primary N) is 1. The van der Waals surface area contributed by atoms with Crippen molar-refractivity contribution < 1.29 is 4.79 Å². The fourth-order valence-corrected chi connectivity index (χ4v) is 4.28. The maximum atomic E-state index is 12.6. The zero-order chi connectivity index (χ0) is 21.6. The van der Waals surface area contributed by atoms with Crippen LogP contribution in [0.1, 0.15) is 36.5 Å². The first-order chi connectivity index (χ1) is 15.2. The molecule has 0 saturated carbocycles. The van der Waals surface area contributed by atoms with Gasteiger partial charge in [0.05, 0.1) is 0 Å². The van der Waals surface area contributed by atoms with Crippen LogP contribution in [0, 0.1) is 0 Å². The normalized spacial score (nSPS) is 16.6. The molecule has 0 bridgehead atoms. The molecule has 2 saturated heterocycles. The van der Waals surface area contributed by atoms with Gasteiger partial charge in [-0.2, -0.15) is 5.10 Å². The largest absolute Gasteiger partial charge is 0.356 e. The molecule has 162 valence electrons. The maximum absolute atomic E-state index is 12.6. The number of rotatable bonds is 6. The number of amidine groups is 1. The van der Waals surface area contributed by atoms with Crippen molar-refractivity contribution in [3.63, 3.8) is 0 Å². The number of benzene rings is 1. The van der Waals surface area contributed by atoms with Crippen LogP contribution >= 0.6 is 11.8 Å². The third-order valence-electron chi connectivity index (χ3n) is 5.30. The van der Waals surface area contributed by atoms with Gasteiger partial charge >= 0.3 is 0 Å². The summed E-state index contributed by atoms with van der Waals surface area (Å²) in [7, 11) is 0. The Morgan fingerprint density at radius 2 is 1.87 bits per heavy atom. The van der Waals surface area contributed by atoms with Crippen LogP contribution in [0.5, 0.6) is 0 Å². The molecule has 1 amide bonds. The Kier molecular flexibility index (Phi) is 6.71. The molecule has 3 N–H and O–H groups in total. The average Bonchev–Trinajstić information content (AvgIpc) is 3.27. The summed E-state index contributed by atoms with van der Waals surface area (Å²) in [5.74, 6) is 7.62. The molecule has 3 heterocycles. The number of nitrogens with one attached hydrogen (secondary N) is 1. The van der Waals surface area contributed by atoms with Crippen LogP contribution in [0.2, 0.25) is 0 Å². The summed E-state index contributed by atoms with van der Waals surface area (Å²) < 4.78 is 0. The molecular weight excluding hydrogens is 410 g/mol. The minimum atomic E-state index is 0.106. The molecule has 0 unspecified atom stereocenters. The zero-order valence-corrected chi connectivity index (χ0v) is 18.4. The van der Waals surface area contributed by atoms with Gasteiger partial charge in [0.15, 0.2) is 11.0 Å². The van der Waals surface area contributed by atoms with Crippen LogP contribution in [0.25, 0.3) is 0 Å². The molecule has 2 aliphatic rings. The molecule has 2 aliphatic heterocycles. The number of carbonyl (C=O) groups is 1. The molecule has 8 nitrogen and oxygen atoms in total. The van der Waals surface area contributed by atoms with E-state index in [1.54, 1.807) is 6.08 Å². The van der Waals surface area contributed by atoms with E-state index in [0.717, 1.165) is 61.7 Å². The lowest BCUT2D eigenvalue weighted by Gasteiger charge is -2.32. The third-order valence-corrected chi connectivity index (χ3v) is 6.17. The highest BCUT2D eigenvalue weighted by Crippen LogP contribution is 2.30. The number of hydrogen-bond donors (Lipinski definition) is 2. The van der Waals surface area contributed by atoms with Crippen LogP contribution in [-0.4, -0.2) is 52.8 Å². The van der Waals surface area contributed by atoms with Gasteiger partial charge in [-0.25, -0.2) is 9.97 Å². The van der Waals surface area contributed by atoms with Crippen molar-refractivity contribution in [1.82, 2.24) is 14.9 Å². The minimum absolute atomic E-state index is 0.106. The monoisotopic (exact) mass is 437 g/mol. The highest BCUT2D eigenvalue weighted by Gasteiger charge is 2.20. The Labute approximate surface area is 186 Å². The SMILES string of the molecule is C/C=C/C(=N\N)Nc1cc(N2CCC2)nc(Sc2ccc(C(=O)N3CCCC3)cc2)n1. The number of nitrogens with zero attached hydrogens (tertiary/aromatic N) is 5. The topological polar surface area (TPSA) is 99.7 Å². The summed E-state index contributed by atoms with van der Waals surface area (Å²) in [6.45, 7) is 5.58. The Morgan fingerprint density at radius 3 is 2.48 bits per heavy atom. The van der Waals surface area contributed by atoms with Gasteiger partial charge in [0.25, 0.3) is 5.91 Å². The summed E-state index contributed by atoms with van der Waals surface area (Å²) in [5, 5.41) is 7.53. The van der Waals surface area contributed by atoms with Crippen LogP contribution in [0.3, 0.4) is 0 Å². The van der Waals surface area contributed by atoms with Gasteiger partial charge in [-0.05, 0) is 68.3 Å². The summed E-state index contributed by atoms with van der Waals surface area (Å²) in [6, 6.07) is 9.58. The molecule has 0 spiro atoms. The minimum Gasteiger partial charge on any atom is -0.356 e. The van der Waals surface area contributed by atoms with Gasteiger partial charge in [0.2, 0.25) is 0 Å². The van der Waals surface area contributed by atoms with E-state index < -0.39 is 0 Å². The smallest absolute Gasteiger partial charge is 0.253 e. The number of likely N-dealkylation sites (tertiary alicyclic amines) is 1. The number of aromatic nitrogens is 2. The predicted molar refractivity (Wildman–Crippen MR) is 125 cm³/mol. The number of anilines is 2. The second-order valence-corrected chi connectivity index (χ2v) is 8.54. The van der Waals surface area contributed by atoms with Crippen LogP contribution in [-0.2, 0) is 0 Å². The summed E-state index contributed by atoms with van der Waals surface area (Å²) >= 11 is 1.47. The van der Waals surface area contributed by atoms with Crippen molar-refractivity contribution in [2.24, 2.45) is 10.9 Å². The summed E-state index contributed by atoms with van der Waals surface area (Å²) in [5.41, 5.74) is 0.721. The number of carbonyl (C=O) groups excluding carboxylic acids is 1. The van der Waals surface area contributed by atoms with E-state index in [1.807, 2.05) is 48.2 Å². The van der Waals surface area contributed by atoms with Crippen LogP contribution < -0.4 is 16.1 Å². The highest BCUT2D eigenvalue weighted by molar-refractivity contribution is 7.99. The summed E-state index contributed by atoms with van der Waals surface area (Å²) in [6.07, 6.45) is 6.98. The van der Waals surface area contributed by atoms with E-state index in [1.165, 1.54) is 11.8 Å². The van der Waals surface area contributed by atoms with Crippen LogP contribution in [0.4, 0.5) is 11.6 Å². The molecule has 2 aromatic rings. The van der Waals surface area contributed by atoms with Crippen molar-refractivity contribution in [2.75, 3.05) is 36.4 Å². The number of allylic oxidation sites excluding steroid dienone is 1. The first kappa shape index (κ1) is 21.2. The van der Waals surface area contributed by atoms with Gasteiger partial charge < -0.3 is 21.0 Å². The molecule has 31 heavy (non-hydrogen) atoms. The quantitative estimate of drug-likeness (QED) is 0.235. The predicted octanol–water partition coefficient (Wildman–Crippen LogP) is 3.33. The maximum Gasteiger partial charge on any atom is 0.253 e. The fourth-order valence-electron chi connectivity index (χ4n) is 3.51. The number of hydrogen-bond acceptors (Lipinski definition) is 7. The lowest BCUT2D eigenvalue weighted by Crippen LogP contribution is -2.37. The van der Waals surface area contributed by atoms with Gasteiger partial charge in [-0.3, -0.25) is 4.79 Å². The van der Waals surface area contributed by atoms with Gasteiger partial charge in [-0.15, -0.1) is 0 Å². The molecular formula is C22H27N7OS. The molecule has 9 heteroatoms. The molecule has 1 aromatic heterocycles. The molecule has 0 radical (unpaired) electrons. The molecule has 0 atom stereocenters. The second-order valence-electron chi connectivity index (χ2n) is 7.50. The molecule has 1 aromatic carbocycles. The molecule has 4 rings (SSSR count).